The molecule has 198 valence electrons. The number of anilines is 1. The average Bonchev–Trinajstić information content (AvgIpc) is 2.79. The normalized spacial score (nSPS) is 12.4. The van der Waals surface area contributed by atoms with E-state index in [4.69, 9.17) is 9.47 Å². The molecule has 0 aliphatic heterocycles. The summed E-state index contributed by atoms with van der Waals surface area (Å²) in [6.45, 7) is 6.06. The zero-order valence-corrected chi connectivity index (χ0v) is 22.5. The summed E-state index contributed by atoms with van der Waals surface area (Å²) in [5.74, 6) is -1.02. The van der Waals surface area contributed by atoms with Crippen LogP contribution in [0.25, 0.3) is 0 Å². The van der Waals surface area contributed by atoms with Crippen molar-refractivity contribution in [2.45, 2.75) is 45.8 Å². The number of carbonyl (C=O) groups excluding carboxylic acids is 2. The number of rotatable bonds is 10. The van der Waals surface area contributed by atoms with Gasteiger partial charge in [-0.2, -0.15) is 0 Å². The van der Waals surface area contributed by atoms with Crippen molar-refractivity contribution in [1.29, 1.82) is 0 Å². The minimum Gasteiger partial charge on any atom is -0.493 e. The third kappa shape index (κ3) is 7.58. The SMILES string of the molecule is COc1ccc(N(CC(=O)N(Cc2ccccc2F)[C@@H](C)C(=O)NC(C)(C)C)S(C)(=O)=O)cc1OC. The highest BCUT2D eigenvalue weighted by molar-refractivity contribution is 7.92. The smallest absolute Gasteiger partial charge is 0.244 e. The van der Waals surface area contributed by atoms with Crippen molar-refractivity contribution in [2.75, 3.05) is 31.3 Å². The molecule has 1 N–H and O–H groups in total. The Labute approximate surface area is 212 Å². The first-order chi connectivity index (χ1) is 16.7. The van der Waals surface area contributed by atoms with Crippen LogP contribution in [0.2, 0.25) is 0 Å². The van der Waals surface area contributed by atoms with Crippen molar-refractivity contribution in [3.05, 3.63) is 53.8 Å². The minimum absolute atomic E-state index is 0.168. The molecule has 0 heterocycles. The molecule has 0 bridgehead atoms. The van der Waals surface area contributed by atoms with E-state index in [9.17, 15) is 22.4 Å². The Morgan fingerprint density at radius 2 is 1.67 bits per heavy atom. The van der Waals surface area contributed by atoms with Crippen molar-refractivity contribution in [3.8, 4) is 11.5 Å². The van der Waals surface area contributed by atoms with Gasteiger partial charge in [0.2, 0.25) is 21.8 Å². The van der Waals surface area contributed by atoms with E-state index in [0.717, 1.165) is 10.6 Å². The van der Waals surface area contributed by atoms with Crippen LogP contribution in [0.1, 0.15) is 33.3 Å². The summed E-state index contributed by atoms with van der Waals surface area (Å²) in [5.41, 5.74) is -0.212. The molecule has 2 aromatic rings. The second-order valence-electron chi connectivity index (χ2n) is 9.34. The largest absolute Gasteiger partial charge is 0.493 e. The maximum atomic E-state index is 14.5. The quantitative estimate of drug-likeness (QED) is 0.514. The molecule has 0 spiro atoms. The minimum atomic E-state index is -3.93. The Morgan fingerprint density at radius 1 is 1.06 bits per heavy atom. The molecule has 2 amide bonds. The zero-order valence-electron chi connectivity index (χ0n) is 21.7. The van der Waals surface area contributed by atoms with Gasteiger partial charge in [-0.1, -0.05) is 18.2 Å². The monoisotopic (exact) mass is 523 g/mol. The predicted octanol–water partition coefficient (Wildman–Crippen LogP) is 2.94. The molecule has 9 nitrogen and oxygen atoms in total. The average molecular weight is 524 g/mol. The van der Waals surface area contributed by atoms with E-state index in [-0.39, 0.29) is 23.5 Å². The number of nitrogens with zero attached hydrogens (tertiary/aromatic N) is 2. The highest BCUT2D eigenvalue weighted by Crippen LogP contribution is 2.32. The molecule has 0 unspecified atom stereocenters. The third-order valence-electron chi connectivity index (χ3n) is 5.30. The third-order valence-corrected chi connectivity index (χ3v) is 6.44. The summed E-state index contributed by atoms with van der Waals surface area (Å²) in [4.78, 5) is 27.6. The van der Waals surface area contributed by atoms with Crippen molar-refractivity contribution in [2.24, 2.45) is 0 Å². The fraction of sp³-hybridized carbons (Fsp3) is 0.440. The summed E-state index contributed by atoms with van der Waals surface area (Å²) in [7, 11) is -1.08. The Bertz CT molecular complexity index is 1200. The van der Waals surface area contributed by atoms with Crippen molar-refractivity contribution in [3.63, 3.8) is 0 Å². The molecule has 36 heavy (non-hydrogen) atoms. The van der Waals surface area contributed by atoms with Crippen LogP contribution in [0.3, 0.4) is 0 Å². The van der Waals surface area contributed by atoms with Crippen molar-refractivity contribution >= 4 is 27.5 Å². The first-order valence-corrected chi connectivity index (χ1v) is 13.1. The first-order valence-electron chi connectivity index (χ1n) is 11.2. The van der Waals surface area contributed by atoms with Gasteiger partial charge in [-0.05, 0) is 45.9 Å². The molecule has 0 radical (unpaired) electrons. The van der Waals surface area contributed by atoms with E-state index in [1.54, 1.807) is 26.8 Å². The lowest BCUT2D eigenvalue weighted by atomic mass is 10.1. The van der Waals surface area contributed by atoms with Gasteiger partial charge in [0.15, 0.2) is 11.5 Å². The van der Waals surface area contributed by atoms with E-state index >= 15 is 0 Å². The van der Waals surface area contributed by atoms with Crippen LogP contribution in [0.4, 0.5) is 10.1 Å². The van der Waals surface area contributed by atoms with Gasteiger partial charge >= 0.3 is 0 Å². The first kappa shape index (κ1) is 28.9. The summed E-state index contributed by atoms with van der Waals surface area (Å²) in [6, 6.07) is 9.32. The van der Waals surface area contributed by atoms with Crippen LogP contribution >= 0.6 is 0 Å². The Kier molecular flexibility index (Phi) is 9.31. The van der Waals surface area contributed by atoms with Gasteiger partial charge in [0, 0.05) is 23.7 Å². The summed E-state index contributed by atoms with van der Waals surface area (Å²) < 4.78 is 51.2. The zero-order chi connectivity index (χ0) is 27.3. The lowest BCUT2D eigenvalue weighted by Gasteiger charge is -2.33. The molecular weight excluding hydrogens is 489 g/mol. The van der Waals surface area contributed by atoms with Gasteiger partial charge in [0.1, 0.15) is 18.4 Å². The highest BCUT2D eigenvalue weighted by Gasteiger charge is 2.32. The molecule has 1 atom stereocenters. The fourth-order valence-corrected chi connectivity index (χ4v) is 4.30. The molecule has 0 saturated carbocycles. The van der Waals surface area contributed by atoms with Crippen LogP contribution < -0.4 is 19.1 Å². The number of hydrogen-bond acceptors (Lipinski definition) is 6. The summed E-state index contributed by atoms with van der Waals surface area (Å²) in [6.07, 6.45) is 0.966. The molecule has 0 saturated heterocycles. The molecule has 0 aliphatic rings. The second kappa shape index (κ2) is 11.6. The maximum Gasteiger partial charge on any atom is 0.244 e. The van der Waals surface area contributed by atoms with Gasteiger partial charge in [-0.3, -0.25) is 13.9 Å². The number of nitrogens with one attached hydrogen (secondary N) is 1. The van der Waals surface area contributed by atoms with Crippen LogP contribution in [0, 0.1) is 5.82 Å². The molecule has 0 fully saturated rings. The van der Waals surface area contributed by atoms with Gasteiger partial charge < -0.3 is 19.7 Å². The number of ether oxygens (including phenoxy) is 2. The van der Waals surface area contributed by atoms with Gasteiger partial charge in [0.05, 0.1) is 26.2 Å². The summed E-state index contributed by atoms with van der Waals surface area (Å²) >= 11 is 0. The Morgan fingerprint density at radius 3 is 2.19 bits per heavy atom. The van der Waals surface area contributed by atoms with Crippen LogP contribution in [0.5, 0.6) is 11.5 Å². The van der Waals surface area contributed by atoms with E-state index in [1.165, 1.54) is 62.4 Å². The van der Waals surface area contributed by atoms with E-state index in [0.29, 0.717) is 5.75 Å². The van der Waals surface area contributed by atoms with Gasteiger partial charge in [-0.15, -0.1) is 0 Å². The lowest BCUT2D eigenvalue weighted by molar-refractivity contribution is -0.140. The molecule has 2 aromatic carbocycles. The number of hydrogen-bond donors (Lipinski definition) is 1. The van der Waals surface area contributed by atoms with Gasteiger partial charge in [-0.25, -0.2) is 12.8 Å². The highest BCUT2D eigenvalue weighted by atomic mass is 32.2. The Balaban J connectivity index is 2.47. The Hall–Kier alpha value is -3.34. The summed E-state index contributed by atoms with van der Waals surface area (Å²) in [5, 5.41) is 2.81. The molecule has 0 aromatic heterocycles. The van der Waals surface area contributed by atoms with Crippen LogP contribution in [0.15, 0.2) is 42.5 Å². The standard InChI is InChI=1S/C25H34FN3O6S/c1-17(24(31)27-25(2,3)4)28(15-18-10-8-9-11-20(18)26)23(30)16-29(36(7,32)33)19-12-13-21(34-5)22(14-19)35-6/h8-14,17H,15-16H2,1-7H3,(H,27,31)/t17-/m0/s1. The van der Waals surface area contributed by atoms with Crippen LogP contribution in [-0.2, 0) is 26.2 Å². The number of carbonyl (C=O) groups is 2. The number of methoxy groups -OCH3 is 2. The van der Waals surface area contributed by atoms with E-state index < -0.39 is 45.8 Å². The lowest BCUT2D eigenvalue weighted by Crippen LogP contribution is -2.54. The topological polar surface area (TPSA) is 105 Å². The number of benzene rings is 2. The van der Waals surface area contributed by atoms with E-state index in [2.05, 4.69) is 5.32 Å². The molecule has 2 rings (SSSR count). The number of halogens is 1. The number of sulfonamides is 1. The molecule has 11 heteroatoms. The van der Waals surface area contributed by atoms with Crippen molar-refractivity contribution in [1.82, 2.24) is 10.2 Å². The molecule has 0 aliphatic carbocycles. The van der Waals surface area contributed by atoms with Gasteiger partial charge in [0.25, 0.3) is 0 Å². The van der Waals surface area contributed by atoms with E-state index in [1.807, 2.05) is 0 Å². The maximum absolute atomic E-state index is 14.5. The van der Waals surface area contributed by atoms with Crippen LogP contribution in [-0.4, -0.2) is 63.7 Å². The predicted molar refractivity (Wildman–Crippen MR) is 136 cm³/mol. The molecular formula is C25H34FN3O6S. The fourth-order valence-electron chi connectivity index (χ4n) is 3.46. The number of amides is 2. The van der Waals surface area contributed by atoms with Crippen molar-refractivity contribution < 1.29 is 31.9 Å². The second-order valence-corrected chi connectivity index (χ2v) is 11.2.